The van der Waals surface area contributed by atoms with Crippen LogP contribution in [0, 0.1) is 0 Å². The van der Waals surface area contributed by atoms with Gasteiger partial charge in [0.25, 0.3) is 5.91 Å². The minimum Gasteiger partial charge on any atom is -0.484 e. The van der Waals surface area contributed by atoms with E-state index in [1.807, 2.05) is 19.1 Å². The molecule has 3 N–H and O–H groups in total. The molecule has 3 aromatic rings. The summed E-state index contributed by atoms with van der Waals surface area (Å²) in [5.41, 5.74) is 4.84. The van der Waals surface area contributed by atoms with Crippen molar-refractivity contribution >= 4 is 58.5 Å². The van der Waals surface area contributed by atoms with Crippen molar-refractivity contribution in [1.82, 2.24) is 5.43 Å². The number of rotatable bonds is 8. The maximum Gasteiger partial charge on any atom is 0.329 e. The molecule has 180 valence electrons. The summed E-state index contributed by atoms with van der Waals surface area (Å²) in [4.78, 5) is 36.1. The number of hydrogen-bond acceptors (Lipinski definition) is 5. The molecule has 3 rings (SSSR count). The number of ether oxygens (including phenoxy) is 1. The Morgan fingerprint density at radius 2 is 1.60 bits per heavy atom. The standard InChI is InChI=1S/C25H22Cl2N4O4/c1-2-16-6-8-20(9-7-16)30-24(33)25(34)31-28-14-17-4-3-5-22(10-17)35-15-23(32)29-21-12-18(26)11-19(27)13-21/h3-14H,2,15H2,1H3,(H,29,32)(H,30,33)(H,31,34)/b28-14+. The Labute approximate surface area is 212 Å². The van der Waals surface area contributed by atoms with Crippen LogP contribution in [-0.4, -0.2) is 30.5 Å². The summed E-state index contributed by atoms with van der Waals surface area (Å²) in [6, 6.07) is 18.6. The highest BCUT2D eigenvalue weighted by molar-refractivity contribution is 6.39. The topological polar surface area (TPSA) is 109 Å². The van der Waals surface area contributed by atoms with E-state index in [4.69, 9.17) is 27.9 Å². The zero-order chi connectivity index (χ0) is 25.2. The lowest BCUT2D eigenvalue weighted by Crippen LogP contribution is -2.32. The fraction of sp³-hybridized carbons (Fsp3) is 0.120. The Morgan fingerprint density at radius 3 is 2.29 bits per heavy atom. The predicted octanol–water partition coefficient (Wildman–Crippen LogP) is 4.66. The molecule has 0 aromatic heterocycles. The van der Waals surface area contributed by atoms with Crippen LogP contribution in [0.4, 0.5) is 11.4 Å². The van der Waals surface area contributed by atoms with Crippen LogP contribution in [0.25, 0.3) is 0 Å². The summed E-state index contributed by atoms with van der Waals surface area (Å²) in [5, 5.41) is 9.74. The average molecular weight is 513 g/mol. The summed E-state index contributed by atoms with van der Waals surface area (Å²) >= 11 is 11.8. The van der Waals surface area contributed by atoms with Gasteiger partial charge in [0, 0.05) is 21.4 Å². The Morgan fingerprint density at radius 1 is 0.886 bits per heavy atom. The van der Waals surface area contributed by atoms with Crippen LogP contribution >= 0.6 is 23.2 Å². The van der Waals surface area contributed by atoms with Crippen LogP contribution < -0.4 is 20.8 Å². The molecule has 35 heavy (non-hydrogen) atoms. The molecule has 0 aliphatic heterocycles. The lowest BCUT2D eigenvalue weighted by molar-refractivity contribution is -0.136. The van der Waals surface area contributed by atoms with Crippen molar-refractivity contribution in [2.24, 2.45) is 5.10 Å². The number of amides is 3. The number of nitrogens with one attached hydrogen (secondary N) is 3. The first-order chi connectivity index (χ1) is 16.8. The highest BCUT2D eigenvalue weighted by atomic mass is 35.5. The first kappa shape index (κ1) is 25.7. The number of carbonyl (C=O) groups is 3. The molecule has 0 atom stereocenters. The van der Waals surface area contributed by atoms with Gasteiger partial charge in [0.15, 0.2) is 6.61 Å². The monoisotopic (exact) mass is 512 g/mol. The largest absolute Gasteiger partial charge is 0.484 e. The number of aryl methyl sites for hydroxylation is 1. The van der Waals surface area contributed by atoms with E-state index in [2.05, 4.69) is 21.2 Å². The molecule has 0 unspecified atom stereocenters. The normalized spacial score (nSPS) is 10.6. The molecular formula is C25H22Cl2N4O4. The van der Waals surface area contributed by atoms with Crippen molar-refractivity contribution < 1.29 is 19.1 Å². The van der Waals surface area contributed by atoms with Crippen molar-refractivity contribution in [2.45, 2.75) is 13.3 Å². The zero-order valence-corrected chi connectivity index (χ0v) is 20.2. The number of nitrogens with zero attached hydrogens (tertiary/aromatic N) is 1. The molecule has 10 heteroatoms. The third-order valence-corrected chi connectivity index (χ3v) is 5.02. The molecule has 0 aliphatic rings. The minimum atomic E-state index is -0.911. The van der Waals surface area contributed by atoms with Gasteiger partial charge in [0.05, 0.1) is 6.21 Å². The van der Waals surface area contributed by atoms with E-state index >= 15 is 0 Å². The number of benzene rings is 3. The molecule has 0 saturated heterocycles. The minimum absolute atomic E-state index is 0.249. The molecule has 8 nitrogen and oxygen atoms in total. The molecule has 3 aromatic carbocycles. The van der Waals surface area contributed by atoms with Gasteiger partial charge in [-0.15, -0.1) is 0 Å². The van der Waals surface area contributed by atoms with Crippen molar-refractivity contribution in [1.29, 1.82) is 0 Å². The molecule has 3 amide bonds. The molecular weight excluding hydrogens is 491 g/mol. The van der Waals surface area contributed by atoms with Crippen molar-refractivity contribution in [3.63, 3.8) is 0 Å². The van der Waals surface area contributed by atoms with Gasteiger partial charge in [-0.05, 0) is 60.0 Å². The third-order valence-electron chi connectivity index (χ3n) is 4.58. The Balaban J connectivity index is 1.48. The van der Waals surface area contributed by atoms with E-state index in [1.54, 1.807) is 54.6 Å². The van der Waals surface area contributed by atoms with Gasteiger partial charge in [-0.25, -0.2) is 5.43 Å². The third kappa shape index (κ3) is 8.44. The smallest absolute Gasteiger partial charge is 0.329 e. The van der Waals surface area contributed by atoms with Crippen LogP contribution in [0.2, 0.25) is 10.0 Å². The second kappa shape index (κ2) is 12.5. The number of halogens is 2. The van der Waals surface area contributed by atoms with E-state index in [1.165, 1.54) is 6.21 Å². The van der Waals surface area contributed by atoms with Crippen LogP contribution in [-0.2, 0) is 20.8 Å². The molecule has 0 heterocycles. The first-order valence-electron chi connectivity index (χ1n) is 10.5. The summed E-state index contributed by atoms with van der Waals surface area (Å²) in [5.74, 6) is -1.74. The van der Waals surface area contributed by atoms with Crippen molar-refractivity contribution in [3.8, 4) is 5.75 Å². The average Bonchev–Trinajstić information content (AvgIpc) is 2.83. The van der Waals surface area contributed by atoms with Crippen molar-refractivity contribution in [2.75, 3.05) is 17.2 Å². The van der Waals surface area contributed by atoms with Crippen molar-refractivity contribution in [3.05, 3.63) is 87.9 Å². The number of hydrazone groups is 1. The summed E-state index contributed by atoms with van der Waals surface area (Å²) in [7, 11) is 0. The van der Waals surface area contributed by atoms with E-state index in [0.29, 0.717) is 32.7 Å². The van der Waals surface area contributed by atoms with Crippen LogP contribution in [0.15, 0.2) is 71.8 Å². The maximum absolute atomic E-state index is 12.1. The molecule has 0 spiro atoms. The number of carbonyl (C=O) groups excluding carboxylic acids is 3. The Hall–Kier alpha value is -3.88. The van der Waals surface area contributed by atoms with E-state index in [9.17, 15) is 14.4 Å². The molecule has 0 saturated carbocycles. The summed E-state index contributed by atoms with van der Waals surface area (Å²) < 4.78 is 5.50. The quantitative estimate of drug-likeness (QED) is 0.231. The molecule has 0 bridgehead atoms. The van der Waals surface area contributed by atoms with E-state index in [-0.39, 0.29) is 6.61 Å². The van der Waals surface area contributed by atoms with Gasteiger partial charge >= 0.3 is 11.8 Å². The number of hydrogen-bond donors (Lipinski definition) is 3. The van der Waals surface area contributed by atoms with Gasteiger partial charge < -0.3 is 15.4 Å². The van der Waals surface area contributed by atoms with Crippen LogP contribution in [0.5, 0.6) is 5.75 Å². The lowest BCUT2D eigenvalue weighted by atomic mass is 10.1. The van der Waals surface area contributed by atoms with Gasteiger partial charge in [-0.2, -0.15) is 5.10 Å². The summed E-state index contributed by atoms with van der Waals surface area (Å²) in [6.45, 7) is 1.78. The Bertz CT molecular complexity index is 1230. The first-order valence-corrected chi connectivity index (χ1v) is 11.3. The van der Waals surface area contributed by atoms with E-state index in [0.717, 1.165) is 12.0 Å². The van der Waals surface area contributed by atoms with Crippen LogP contribution in [0.3, 0.4) is 0 Å². The van der Waals surface area contributed by atoms with E-state index < -0.39 is 17.7 Å². The molecule has 0 fully saturated rings. The van der Waals surface area contributed by atoms with Gasteiger partial charge in [-0.1, -0.05) is 54.4 Å². The predicted molar refractivity (Wildman–Crippen MR) is 137 cm³/mol. The maximum atomic E-state index is 12.1. The van der Waals surface area contributed by atoms with Gasteiger partial charge in [-0.3, -0.25) is 14.4 Å². The number of anilines is 2. The highest BCUT2D eigenvalue weighted by Crippen LogP contribution is 2.22. The fourth-order valence-electron chi connectivity index (χ4n) is 2.88. The SMILES string of the molecule is CCc1ccc(NC(=O)C(=O)N/N=C/c2cccc(OCC(=O)Nc3cc(Cl)cc(Cl)c3)c2)cc1. The summed E-state index contributed by atoms with van der Waals surface area (Å²) in [6.07, 6.45) is 2.23. The Kier molecular flexibility index (Phi) is 9.23. The fourth-order valence-corrected chi connectivity index (χ4v) is 3.41. The second-order valence-corrected chi connectivity index (χ2v) is 8.14. The molecule has 0 radical (unpaired) electrons. The highest BCUT2D eigenvalue weighted by Gasteiger charge is 2.12. The van der Waals surface area contributed by atoms with Crippen LogP contribution in [0.1, 0.15) is 18.1 Å². The zero-order valence-electron chi connectivity index (χ0n) is 18.7. The molecule has 0 aliphatic carbocycles. The lowest BCUT2D eigenvalue weighted by Gasteiger charge is -2.09. The van der Waals surface area contributed by atoms with Gasteiger partial charge in [0.2, 0.25) is 0 Å². The second-order valence-electron chi connectivity index (χ2n) is 7.27. The van der Waals surface area contributed by atoms with Gasteiger partial charge in [0.1, 0.15) is 5.75 Å².